The molecule has 84 heavy (non-hydrogen) atoms. The third-order valence-corrected chi connectivity index (χ3v) is 14.0. The molecule has 29 heteroatoms. The van der Waals surface area contributed by atoms with Gasteiger partial charge in [0.15, 0.2) is 0 Å². The standard InChI is InChI=1S/C55H96N16O13/c1-6-32(4)12-10-11-15-44(74)62-35(16-22-56)52(81)71-45(33(5)73)55(84)67-39(20-26-60)48(77)66-40-21-27-61-46(75)43(30-72)70-50(79)38(19-25-59)63-47(76)36(17-23-57)65-53(82)41(28-31(2)3)68-54(83)42(29-34-13-8-7-9-14-34)69-49(78)37(18-24-58)64-51(40)80/h7-9,13-14,31-33,35-43,45,72-73H,6,10-12,15-30,56-60H2,1-5H3,(H,61,75)(H,62,74)(H,63,76)(H,64,80)(H,65,82)(H,66,77)(H,67,84)(H,68,83)(H,69,78)(H,70,79)(H,71,81). The topological polar surface area (TPSA) is 491 Å². The van der Waals surface area contributed by atoms with E-state index < -0.39 is 151 Å². The van der Waals surface area contributed by atoms with Crippen LogP contribution < -0.4 is 87.2 Å². The number of carbonyl (C=O) groups excluding carboxylic acids is 11. The molecule has 1 aromatic rings. The summed E-state index contributed by atoms with van der Waals surface area (Å²) in [7, 11) is 0. The van der Waals surface area contributed by atoms with Crippen molar-refractivity contribution in [3.05, 3.63) is 35.9 Å². The van der Waals surface area contributed by atoms with E-state index in [9.17, 15) is 63.0 Å². The molecule has 0 saturated carbocycles. The largest absolute Gasteiger partial charge is 0.394 e. The number of aliphatic hydroxyl groups excluding tert-OH is 2. The highest BCUT2D eigenvalue weighted by Crippen LogP contribution is 2.14. The van der Waals surface area contributed by atoms with Crippen LogP contribution in [0.3, 0.4) is 0 Å². The molecular weight excluding hydrogens is 1090 g/mol. The summed E-state index contributed by atoms with van der Waals surface area (Å²) in [5.41, 5.74) is 29.9. The average molecular weight is 1190 g/mol. The second-order valence-electron chi connectivity index (χ2n) is 21.6. The van der Waals surface area contributed by atoms with Crippen molar-refractivity contribution in [3.63, 3.8) is 0 Å². The summed E-state index contributed by atoms with van der Waals surface area (Å²) < 4.78 is 0. The maximum Gasteiger partial charge on any atom is 0.245 e. The molecular formula is C55H96N16O13. The molecule has 0 aliphatic carbocycles. The van der Waals surface area contributed by atoms with Crippen LogP contribution in [-0.4, -0.2) is 188 Å². The van der Waals surface area contributed by atoms with Crippen molar-refractivity contribution in [1.82, 2.24) is 58.5 Å². The van der Waals surface area contributed by atoms with Crippen LogP contribution in [0, 0.1) is 11.8 Å². The van der Waals surface area contributed by atoms with Crippen molar-refractivity contribution in [2.75, 3.05) is 45.9 Å². The summed E-state index contributed by atoms with van der Waals surface area (Å²) in [4.78, 5) is 153. The van der Waals surface area contributed by atoms with Crippen LogP contribution >= 0.6 is 0 Å². The predicted molar refractivity (Wildman–Crippen MR) is 312 cm³/mol. The third kappa shape index (κ3) is 26.4. The first-order valence-electron chi connectivity index (χ1n) is 29.1. The first kappa shape index (κ1) is 73.2. The van der Waals surface area contributed by atoms with E-state index in [0.717, 1.165) is 19.3 Å². The minimum atomic E-state index is -1.70. The Bertz CT molecular complexity index is 2280. The zero-order valence-electron chi connectivity index (χ0n) is 49.3. The Morgan fingerprint density at radius 1 is 0.571 bits per heavy atom. The van der Waals surface area contributed by atoms with Crippen molar-refractivity contribution in [2.24, 2.45) is 40.5 Å². The zero-order valence-corrected chi connectivity index (χ0v) is 49.3. The zero-order chi connectivity index (χ0) is 62.9. The molecule has 1 fully saturated rings. The van der Waals surface area contributed by atoms with Crippen molar-refractivity contribution in [2.45, 2.75) is 185 Å². The van der Waals surface area contributed by atoms with Gasteiger partial charge in [0.25, 0.3) is 0 Å². The van der Waals surface area contributed by atoms with Gasteiger partial charge in [-0.15, -0.1) is 0 Å². The van der Waals surface area contributed by atoms with Gasteiger partial charge in [-0.1, -0.05) is 77.3 Å². The second-order valence-corrected chi connectivity index (χ2v) is 21.6. The number of hydrogen-bond donors (Lipinski definition) is 18. The summed E-state index contributed by atoms with van der Waals surface area (Å²) >= 11 is 0. The Hall–Kier alpha value is -6.89. The third-order valence-electron chi connectivity index (χ3n) is 14.0. The molecule has 12 atom stereocenters. The summed E-state index contributed by atoms with van der Waals surface area (Å²) in [5, 5.41) is 49.0. The molecule has 2 rings (SSSR count). The van der Waals surface area contributed by atoms with Crippen LogP contribution in [0.25, 0.3) is 0 Å². The molecule has 1 aliphatic rings. The summed E-state index contributed by atoms with van der Waals surface area (Å²) in [6, 6.07) is -6.16. The fourth-order valence-electron chi connectivity index (χ4n) is 8.94. The maximum absolute atomic E-state index is 14.5. The minimum Gasteiger partial charge on any atom is -0.394 e. The van der Waals surface area contributed by atoms with E-state index in [2.05, 4.69) is 72.3 Å². The van der Waals surface area contributed by atoms with Crippen LogP contribution in [0.15, 0.2) is 30.3 Å². The van der Waals surface area contributed by atoms with Gasteiger partial charge in [0.05, 0.1) is 12.7 Å². The van der Waals surface area contributed by atoms with E-state index in [-0.39, 0.29) is 90.0 Å². The van der Waals surface area contributed by atoms with Gasteiger partial charge in [0.1, 0.15) is 60.4 Å². The fraction of sp³-hybridized carbons (Fsp3) is 0.691. The van der Waals surface area contributed by atoms with Crippen molar-refractivity contribution < 1.29 is 63.0 Å². The van der Waals surface area contributed by atoms with Crippen LogP contribution in [-0.2, 0) is 59.2 Å². The predicted octanol–water partition coefficient (Wildman–Crippen LogP) is -5.63. The van der Waals surface area contributed by atoms with Gasteiger partial charge in [-0.25, -0.2) is 0 Å². The number of benzene rings is 1. The number of amides is 11. The number of aliphatic hydroxyl groups is 2. The molecule has 0 spiro atoms. The summed E-state index contributed by atoms with van der Waals surface area (Å²) in [6.45, 7) is 6.86. The maximum atomic E-state index is 14.5. The van der Waals surface area contributed by atoms with Gasteiger partial charge in [-0.3, -0.25) is 52.7 Å². The van der Waals surface area contributed by atoms with Crippen molar-refractivity contribution in [3.8, 4) is 0 Å². The molecule has 1 aliphatic heterocycles. The Kier molecular flexibility index (Phi) is 34.5. The second kappa shape index (κ2) is 39.6. The highest BCUT2D eigenvalue weighted by atomic mass is 16.3. The van der Waals surface area contributed by atoms with E-state index >= 15 is 0 Å². The lowest BCUT2D eigenvalue weighted by Gasteiger charge is -2.29. The molecule has 0 bridgehead atoms. The number of nitrogens with two attached hydrogens (primary N) is 5. The Balaban J connectivity index is 2.64. The van der Waals surface area contributed by atoms with Gasteiger partial charge in [-0.05, 0) is 108 Å². The van der Waals surface area contributed by atoms with Crippen LogP contribution in [0.2, 0.25) is 0 Å². The molecule has 12 unspecified atom stereocenters. The first-order chi connectivity index (χ1) is 40.0. The summed E-state index contributed by atoms with van der Waals surface area (Å²) in [5.74, 6) is -9.44. The Morgan fingerprint density at radius 3 is 1.56 bits per heavy atom. The highest BCUT2D eigenvalue weighted by molar-refractivity contribution is 5.99. The van der Waals surface area contributed by atoms with Gasteiger partial charge < -0.3 is 97.4 Å². The van der Waals surface area contributed by atoms with Crippen LogP contribution in [0.1, 0.15) is 117 Å². The summed E-state index contributed by atoms with van der Waals surface area (Å²) in [6.07, 6.45) is 0.545. The van der Waals surface area contributed by atoms with Crippen molar-refractivity contribution >= 4 is 65.0 Å². The van der Waals surface area contributed by atoms with E-state index in [4.69, 9.17) is 28.7 Å². The quantitative estimate of drug-likeness (QED) is 0.0333. The van der Waals surface area contributed by atoms with Gasteiger partial charge in [0.2, 0.25) is 65.0 Å². The van der Waals surface area contributed by atoms with Gasteiger partial charge in [-0.2, -0.15) is 0 Å². The van der Waals surface area contributed by atoms with Crippen LogP contribution in [0.5, 0.6) is 0 Å². The normalized spacial score (nSPS) is 22.6. The van der Waals surface area contributed by atoms with Crippen LogP contribution in [0.4, 0.5) is 0 Å². The molecule has 29 nitrogen and oxygen atoms in total. The lowest BCUT2D eigenvalue weighted by atomic mass is 10.00. The van der Waals surface area contributed by atoms with Crippen molar-refractivity contribution in [1.29, 1.82) is 0 Å². The minimum absolute atomic E-state index is 0.0163. The smallest absolute Gasteiger partial charge is 0.245 e. The number of unbranched alkanes of at least 4 members (excludes halogenated alkanes) is 1. The number of carbonyl (C=O) groups is 11. The fourth-order valence-corrected chi connectivity index (χ4v) is 8.94. The Labute approximate surface area is 491 Å². The Morgan fingerprint density at radius 2 is 1.06 bits per heavy atom. The van der Waals surface area contributed by atoms with Gasteiger partial charge in [0, 0.05) is 19.4 Å². The molecule has 1 heterocycles. The number of hydrogen-bond acceptors (Lipinski definition) is 18. The number of rotatable bonds is 29. The lowest BCUT2D eigenvalue weighted by molar-refractivity contribution is -0.137. The van der Waals surface area contributed by atoms with E-state index in [1.165, 1.54) is 6.92 Å². The van der Waals surface area contributed by atoms with E-state index in [1.807, 2.05) is 0 Å². The number of nitrogens with one attached hydrogen (secondary N) is 11. The molecule has 11 amide bonds. The SMILES string of the molecule is CCC(C)CCCCC(=O)NC(CCN)C(=O)NC(C(=O)NC(CCN)C(=O)NC1CCNC(=O)C(CO)NC(=O)C(CCN)NC(=O)C(CCN)NC(=O)C(CC(C)C)NC(=O)C(Cc2ccccc2)NC(=O)C(CCN)NC1=O)C(C)O. The molecule has 23 N–H and O–H groups in total. The van der Waals surface area contributed by atoms with Gasteiger partial charge >= 0.3 is 0 Å². The molecule has 474 valence electrons. The van der Waals surface area contributed by atoms with E-state index in [0.29, 0.717) is 17.9 Å². The molecule has 0 radical (unpaired) electrons. The van der Waals surface area contributed by atoms with E-state index in [1.54, 1.807) is 44.2 Å². The monoisotopic (exact) mass is 1190 g/mol. The first-order valence-corrected chi connectivity index (χ1v) is 29.1. The lowest BCUT2D eigenvalue weighted by Crippen LogP contribution is -2.62. The molecule has 0 aromatic heterocycles. The highest BCUT2D eigenvalue weighted by Gasteiger charge is 2.37. The average Bonchev–Trinajstić information content (AvgIpc) is 3.53. The molecule has 1 saturated heterocycles. The molecule has 1 aromatic carbocycles.